The maximum atomic E-state index is 11.7. The van der Waals surface area contributed by atoms with E-state index in [1.54, 1.807) is 0 Å². The van der Waals surface area contributed by atoms with Crippen molar-refractivity contribution in [2.75, 3.05) is 0 Å². The van der Waals surface area contributed by atoms with Crippen molar-refractivity contribution in [2.24, 2.45) is 5.73 Å². The van der Waals surface area contributed by atoms with Gasteiger partial charge in [0.2, 0.25) is 0 Å². The first-order chi connectivity index (χ1) is 8.33. The summed E-state index contributed by atoms with van der Waals surface area (Å²) >= 11 is 0. The molecule has 1 atom stereocenters. The van der Waals surface area contributed by atoms with Crippen LogP contribution < -0.4 is 5.73 Å². The van der Waals surface area contributed by atoms with Crippen molar-refractivity contribution in [3.63, 3.8) is 0 Å². The van der Waals surface area contributed by atoms with Crippen molar-refractivity contribution >= 4 is 5.97 Å². The van der Waals surface area contributed by atoms with Crippen LogP contribution >= 0.6 is 0 Å². The van der Waals surface area contributed by atoms with Gasteiger partial charge in [0, 0.05) is 6.04 Å². The Balaban J connectivity index is 2.70. The summed E-state index contributed by atoms with van der Waals surface area (Å²) < 4.78 is 5.28. The third kappa shape index (κ3) is 4.49. The van der Waals surface area contributed by atoms with Crippen LogP contribution in [0.2, 0.25) is 0 Å². The van der Waals surface area contributed by atoms with Crippen LogP contribution in [0, 0.1) is 0 Å². The summed E-state index contributed by atoms with van der Waals surface area (Å²) in [5.74, 6) is -0.249. The molecule has 0 amide bonds. The topological polar surface area (TPSA) is 52.3 Å². The van der Waals surface area contributed by atoms with E-state index >= 15 is 0 Å². The van der Waals surface area contributed by atoms with Crippen LogP contribution in [0.5, 0.6) is 0 Å². The number of esters is 1. The molecule has 0 heterocycles. The molecule has 1 rings (SSSR count). The zero-order valence-electron chi connectivity index (χ0n) is 11.7. The molecule has 100 valence electrons. The molecule has 2 N–H and O–H groups in total. The highest BCUT2D eigenvalue weighted by atomic mass is 16.6. The molecule has 0 aliphatic heterocycles. The van der Waals surface area contributed by atoms with Gasteiger partial charge >= 0.3 is 5.97 Å². The lowest BCUT2D eigenvalue weighted by Gasteiger charge is -2.21. The molecule has 0 aromatic heterocycles. The summed E-state index contributed by atoms with van der Waals surface area (Å²) in [5.41, 5.74) is 7.85. The van der Waals surface area contributed by atoms with E-state index < -0.39 is 5.60 Å². The highest BCUT2D eigenvalue weighted by molar-refractivity contribution is 5.71. The van der Waals surface area contributed by atoms with Crippen LogP contribution in [0.1, 0.15) is 51.3 Å². The predicted molar refractivity (Wildman–Crippen MR) is 73.2 cm³/mol. The highest BCUT2D eigenvalue weighted by Gasteiger charge is 2.20. The van der Waals surface area contributed by atoms with E-state index in [2.05, 4.69) is 6.92 Å². The fraction of sp³-hybridized carbons (Fsp3) is 0.533. The van der Waals surface area contributed by atoms with Gasteiger partial charge in [-0.05, 0) is 38.3 Å². The van der Waals surface area contributed by atoms with Crippen LogP contribution in [0.3, 0.4) is 0 Å². The summed E-state index contributed by atoms with van der Waals surface area (Å²) in [6, 6.07) is 7.67. The average molecular weight is 249 g/mol. The van der Waals surface area contributed by atoms with E-state index in [4.69, 9.17) is 10.5 Å². The molecule has 0 spiro atoms. The van der Waals surface area contributed by atoms with E-state index in [0.717, 1.165) is 12.0 Å². The van der Waals surface area contributed by atoms with Crippen molar-refractivity contribution in [3.8, 4) is 0 Å². The number of hydrogen-bond acceptors (Lipinski definition) is 3. The second-order valence-electron chi connectivity index (χ2n) is 5.45. The first kappa shape index (κ1) is 14.7. The van der Waals surface area contributed by atoms with Gasteiger partial charge in [0.1, 0.15) is 5.60 Å². The molecule has 0 aliphatic rings. The molecule has 3 nitrogen and oxygen atoms in total. The molecule has 0 bridgehead atoms. The molecule has 18 heavy (non-hydrogen) atoms. The van der Waals surface area contributed by atoms with Crippen LogP contribution in [-0.2, 0) is 16.0 Å². The molecular weight excluding hydrogens is 226 g/mol. The Kier molecular flexibility index (Phi) is 4.91. The Bertz CT molecular complexity index is 407. The van der Waals surface area contributed by atoms with E-state index in [9.17, 15) is 4.79 Å². The van der Waals surface area contributed by atoms with Gasteiger partial charge in [0.05, 0.1) is 6.42 Å². The Morgan fingerprint density at radius 3 is 2.50 bits per heavy atom. The summed E-state index contributed by atoms with van der Waals surface area (Å²) in [4.78, 5) is 11.7. The van der Waals surface area contributed by atoms with E-state index in [0.29, 0.717) is 0 Å². The van der Waals surface area contributed by atoms with E-state index in [-0.39, 0.29) is 18.4 Å². The Morgan fingerprint density at radius 2 is 1.94 bits per heavy atom. The molecule has 1 unspecified atom stereocenters. The molecule has 1 aromatic carbocycles. The number of benzene rings is 1. The summed E-state index contributed by atoms with van der Waals surface area (Å²) in [7, 11) is 0. The fourth-order valence-corrected chi connectivity index (χ4v) is 1.89. The van der Waals surface area contributed by atoms with Crippen LogP contribution in [0.15, 0.2) is 24.3 Å². The summed E-state index contributed by atoms with van der Waals surface area (Å²) in [6.07, 6.45) is 1.13. The largest absolute Gasteiger partial charge is 0.460 e. The normalized spacial score (nSPS) is 13.2. The zero-order valence-corrected chi connectivity index (χ0v) is 11.7. The van der Waals surface area contributed by atoms with Gasteiger partial charge in [-0.15, -0.1) is 0 Å². The predicted octanol–water partition coefficient (Wildman–Crippen LogP) is 2.98. The second-order valence-corrected chi connectivity index (χ2v) is 5.45. The summed E-state index contributed by atoms with van der Waals surface area (Å²) in [5, 5.41) is 0. The Labute approximate surface area is 109 Å². The van der Waals surface area contributed by atoms with Crippen molar-refractivity contribution in [3.05, 3.63) is 35.4 Å². The first-order valence-corrected chi connectivity index (χ1v) is 6.38. The lowest BCUT2D eigenvalue weighted by atomic mass is 9.97. The van der Waals surface area contributed by atoms with E-state index in [1.807, 2.05) is 45.0 Å². The molecule has 0 saturated heterocycles. The molecular formula is C15H23NO2. The maximum Gasteiger partial charge on any atom is 0.308 e. The van der Waals surface area contributed by atoms with Crippen molar-refractivity contribution in [2.45, 2.75) is 52.2 Å². The number of ether oxygens (including phenoxy) is 1. The van der Waals surface area contributed by atoms with Gasteiger partial charge in [0.15, 0.2) is 0 Å². The molecule has 0 aliphatic carbocycles. The van der Waals surface area contributed by atoms with Crippen LogP contribution in [-0.4, -0.2) is 11.6 Å². The van der Waals surface area contributed by atoms with Crippen molar-refractivity contribution in [1.29, 1.82) is 0 Å². The van der Waals surface area contributed by atoms with Crippen LogP contribution in [0.4, 0.5) is 0 Å². The molecule has 0 fully saturated rings. The zero-order chi connectivity index (χ0) is 13.8. The summed E-state index contributed by atoms with van der Waals surface area (Å²) in [6.45, 7) is 7.66. The average Bonchev–Trinajstić information content (AvgIpc) is 2.26. The Hall–Kier alpha value is -1.35. The maximum absolute atomic E-state index is 11.7. The third-order valence-electron chi connectivity index (χ3n) is 2.64. The van der Waals surface area contributed by atoms with Crippen molar-refractivity contribution in [1.82, 2.24) is 0 Å². The minimum atomic E-state index is -0.457. The Morgan fingerprint density at radius 1 is 1.33 bits per heavy atom. The number of hydrogen-bond donors (Lipinski definition) is 1. The number of aryl methyl sites for hydroxylation is 1. The number of rotatable bonds is 4. The number of carbonyl (C=O) groups excluding carboxylic acids is 1. The molecule has 3 heteroatoms. The monoisotopic (exact) mass is 249 g/mol. The first-order valence-electron chi connectivity index (χ1n) is 6.38. The quantitative estimate of drug-likeness (QED) is 0.835. The van der Waals surface area contributed by atoms with Gasteiger partial charge in [-0.2, -0.15) is 0 Å². The van der Waals surface area contributed by atoms with Gasteiger partial charge in [0.25, 0.3) is 0 Å². The minimum absolute atomic E-state index is 0.217. The number of carbonyl (C=O) groups is 1. The standard InChI is InChI=1S/C15H23NO2/c1-5-11-8-6-7-9-12(11)13(16)10-14(17)18-15(2,3)4/h6-9,13H,5,10,16H2,1-4H3. The van der Waals surface area contributed by atoms with Crippen molar-refractivity contribution < 1.29 is 9.53 Å². The molecule has 0 saturated carbocycles. The van der Waals surface area contributed by atoms with Gasteiger partial charge in [-0.3, -0.25) is 4.79 Å². The lowest BCUT2D eigenvalue weighted by Crippen LogP contribution is -2.26. The molecule has 0 radical (unpaired) electrons. The molecule has 1 aromatic rings. The van der Waals surface area contributed by atoms with Crippen LogP contribution in [0.25, 0.3) is 0 Å². The van der Waals surface area contributed by atoms with Gasteiger partial charge < -0.3 is 10.5 Å². The SMILES string of the molecule is CCc1ccccc1C(N)CC(=O)OC(C)(C)C. The second kappa shape index (κ2) is 6.01. The minimum Gasteiger partial charge on any atom is -0.460 e. The lowest BCUT2D eigenvalue weighted by molar-refractivity contribution is -0.155. The highest BCUT2D eigenvalue weighted by Crippen LogP contribution is 2.21. The van der Waals surface area contributed by atoms with Gasteiger partial charge in [-0.1, -0.05) is 31.2 Å². The number of nitrogens with two attached hydrogens (primary N) is 1. The fourth-order valence-electron chi connectivity index (χ4n) is 1.89. The smallest absolute Gasteiger partial charge is 0.308 e. The van der Waals surface area contributed by atoms with E-state index in [1.165, 1.54) is 5.56 Å². The van der Waals surface area contributed by atoms with Gasteiger partial charge in [-0.25, -0.2) is 0 Å². The third-order valence-corrected chi connectivity index (χ3v) is 2.64.